The minimum Gasteiger partial charge on any atom is -0.423 e. The Balaban J connectivity index is 1.98. The molecule has 0 aliphatic carbocycles. The van der Waals surface area contributed by atoms with Gasteiger partial charge in [0.15, 0.2) is 0 Å². The van der Waals surface area contributed by atoms with Gasteiger partial charge in [0.1, 0.15) is 5.82 Å². The summed E-state index contributed by atoms with van der Waals surface area (Å²) in [5.74, 6) is -0.498. The molecular formula is C14H12BFN2O2. The van der Waals surface area contributed by atoms with Crippen LogP contribution in [0.2, 0.25) is 0 Å². The Morgan fingerprint density at radius 3 is 2.75 bits per heavy atom. The second-order valence-corrected chi connectivity index (χ2v) is 4.63. The Bertz CT molecular complexity index is 758. The quantitative estimate of drug-likeness (QED) is 0.695. The summed E-state index contributed by atoms with van der Waals surface area (Å²) in [5.41, 5.74) is 1.71. The molecule has 0 aliphatic rings. The molecule has 0 spiro atoms. The van der Waals surface area contributed by atoms with Crippen molar-refractivity contribution in [2.75, 3.05) is 0 Å². The normalized spacial score (nSPS) is 10.9. The molecule has 0 saturated heterocycles. The predicted molar refractivity (Wildman–Crippen MR) is 75.1 cm³/mol. The third-order valence-corrected chi connectivity index (χ3v) is 3.16. The first-order valence-corrected chi connectivity index (χ1v) is 6.19. The Labute approximate surface area is 115 Å². The second-order valence-electron chi connectivity index (χ2n) is 4.63. The van der Waals surface area contributed by atoms with E-state index in [0.29, 0.717) is 12.1 Å². The first-order valence-electron chi connectivity index (χ1n) is 6.19. The van der Waals surface area contributed by atoms with Crippen molar-refractivity contribution in [1.82, 2.24) is 9.78 Å². The van der Waals surface area contributed by atoms with Gasteiger partial charge in [0.05, 0.1) is 18.3 Å². The van der Waals surface area contributed by atoms with Crippen LogP contribution in [0.15, 0.2) is 48.7 Å². The first-order chi connectivity index (χ1) is 9.63. The predicted octanol–water partition coefficient (Wildman–Crippen LogP) is 0.903. The van der Waals surface area contributed by atoms with Gasteiger partial charge in [-0.15, -0.1) is 0 Å². The summed E-state index contributed by atoms with van der Waals surface area (Å²) >= 11 is 0. The fraction of sp³-hybridized carbons (Fsp3) is 0.0714. The lowest BCUT2D eigenvalue weighted by molar-refractivity contribution is 0.425. The number of aromatic nitrogens is 2. The van der Waals surface area contributed by atoms with Crippen molar-refractivity contribution in [1.29, 1.82) is 0 Å². The fourth-order valence-corrected chi connectivity index (χ4v) is 2.24. The molecule has 0 aliphatic heterocycles. The van der Waals surface area contributed by atoms with Crippen LogP contribution in [-0.4, -0.2) is 26.9 Å². The lowest BCUT2D eigenvalue weighted by atomic mass is 9.79. The van der Waals surface area contributed by atoms with E-state index in [9.17, 15) is 4.39 Å². The van der Waals surface area contributed by atoms with Crippen LogP contribution in [0.1, 0.15) is 5.56 Å². The van der Waals surface area contributed by atoms with Crippen LogP contribution in [0.3, 0.4) is 0 Å². The second kappa shape index (κ2) is 5.07. The highest BCUT2D eigenvalue weighted by Gasteiger charge is 2.13. The molecule has 0 amide bonds. The Kier molecular flexibility index (Phi) is 3.26. The van der Waals surface area contributed by atoms with Crippen molar-refractivity contribution in [3.63, 3.8) is 0 Å². The van der Waals surface area contributed by atoms with E-state index in [1.807, 2.05) is 24.3 Å². The van der Waals surface area contributed by atoms with E-state index in [0.717, 1.165) is 17.0 Å². The lowest BCUT2D eigenvalue weighted by Crippen LogP contribution is -2.30. The molecule has 4 nitrogen and oxygen atoms in total. The molecule has 100 valence electrons. The average Bonchev–Trinajstić information content (AvgIpc) is 2.82. The minimum atomic E-state index is -1.68. The van der Waals surface area contributed by atoms with Gasteiger partial charge < -0.3 is 10.0 Å². The monoisotopic (exact) mass is 270 g/mol. The zero-order valence-electron chi connectivity index (χ0n) is 10.6. The van der Waals surface area contributed by atoms with E-state index >= 15 is 0 Å². The van der Waals surface area contributed by atoms with Crippen molar-refractivity contribution in [3.05, 3.63) is 60.0 Å². The first kappa shape index (κ1) is 12.8. The highest BCUT2D eigenvalue weighted by molar-refractivity contribution is 6.58. The molecular weight excluding hydrogens is 258 g/mol. The molecule has 0 fully saturated rings. The van der Waals surface area contributed by atoms with Crippen molar-refractivity contribution in [2.45, 2.75) is 6.54 Å². The van der Waals surface area contributed by atoms with E-state index in [2.05, 4.69) is 5.10 Å². The molecule has 1 aromatic heterocycles. The van der Waals surface area contributed by atoms with E-state index < -0.39 is 12.9 Å². The van der Waals surface area contributed by atoms with Crippen LogP contribution in [0.4, 0.5) is 4.39 Å². The van der Waals surface area contributed by atoms with Crippen LogP contribution in [-0.2, 0) is 6.54 Å². The molecule has 0 saturated carbocycles. The van der Waals surface area contributed by atoms with Crippen LogP contribution < -0.4 is 5.46 Å². The topological polar surface area (TPSA) is 58.3 Å². The maximum absolute atomic E-state index is 13.5. The summed E-state index contributed by atoms with van der Waals surface area (Å²) in [7, 11) is -1.68. The Hall–Kier alpha value is -2.18. The van der Waals surface area contributed by atoms with Gasteiger partial charge in [0.25, 0.3) is 0 Å². The van der Waals surface area contributed by atoms with Gasteiger partial charge in [-0.05, 0) is 29.2 Å². The average molecular weight is 270 g/mol. The lowest BCUT2D eigenvalue weighted by Gasteiger charge is -2.07. The van der Waals surface area contributed by atoms with Crippen molar-refractivity contribution >= 4 is 23.5 Å². The highest BCUT2D eigenvalue weighted by Crippen LogP contribution is 2.14. The molecule has 3 aromatic rings. The van der Waals surface area contributed by atoms with Gasteiger partial charge in [0.2, 0.25) is 0 Å². The zero-order chi connectivity index (χ0) is 14.1. The van der Waals surface area contributed by atoms with Crippen molar-refractivity contribution < 1.29 is 14.4 Å². The third-order valence-electron chi connectivity index (χ3n) is 3.16. The molecule has 2 N–H and O–H groups in total. The number of hydrogen-bond acceptors (Lipinski definition) is 3. The smallest absolute Gasteiger partial charge is 0.423 e. The van der Waals surface area contributed by atoms with Crippen LogP contribution in [0, 0.1) is 5.82 Å². The van der Waals surface area contributed by atoms with Gasteiger partial charge >= 0.3 is 7.12 Å². The number of halogens is 1. The molecule has 3 rings (SSSR count). The Morgan fingerprint density at radius 1 is 1.15 bits per heavy atom. The minimum absolute atomic E-state index is 0.136. The SMILES string of the molecule is OB(O)c1cc(F)cc(Cn2ncc3ccccc32)c1. The Morgan fingerprint density at radius 2 is 1.95 bits per heavy atom. The van der Waals surface area contributed by atoms with E-state index in [1.165, 1.54) is 6.07 Å². The largest absolute Gasteiger partial charge is 0.488 e. The molecule has 1 heterocycles. The van der Waals surface area contributed by atoms with E-state index in [1.54, 1.807) is 16.9 Å². The molecule has 2 aromatic carbocycles. The van der Waals surface area contributed by atoms with Gasteiger partial charge in [-0.25, -0.2) is 4.39 Å². The zero-order valence-corrected chi connectivity index (χ0v) is 10.6. The van der Waals surface area contributed by atoms with Gasteiger partial charge in [-0.1, -0.05) is 24.3 Å². The maximum atomic E-state index is 13.5. The number of fused-ring (bicyclic) bond motifs is 1. The van der Waals surface area contributed by atoms with E-state index in [4.69, 9.17) is 10.0 Å². The highest BCUT2D eigenvalue weighted by atomic mass is 19.1. The molecule has 0 radical (unpaired) electrons. The standard InChI is InChI=1S/C14H12BFN2O2/c16-13-6-10(5-12(7-13)15(19)20)9-18-14-4-2-1-3-11(14)8-17-18/h1-8,19-20H,9H2. The van der Waals surface area contributed by atoms with Crippen LogP contribution in [0.5, 0.6) is 0 Å². The molecule has 0 bridgehead atoms. The molecule has 0 unspecified atom stereocenters. The number of rotatable bonds is 3. The molecule has 20 heavy (non-hydrogen) atoms. The fourth-order valence-electron chi connectivity index (χ4n) is 2.24. The summed E-state index contributed by atoms with van der Waals surface area (Å²) in [6, 6.07) is 11.8. The van der Waals surface area contributed by atoms with Crippen molar-refractivity contribution in [3.8, 4) is 0 Å². The van der Waals surface area contributed by atoms with Gasteiger partial charge in [0, 0.05) is 5.39 Å². The summed E-state index contributed by atoms with van der Waals surface area (Å²) < 4.78 is 15.2. The maximum Gasteiger partial charge on any atom is 0.488 e. The van der Waals surface area contributed by atoms with Gasteiger partial charge in [-0.3, -0.25) is 4.68 Å². The van der Waals surface area contributed by atoms with Crippen LogP contribution in [0.25, 0.3) is 10.9 Å². The molecule has 6 heteroatoms. The summed E-state index contributed by atoms with van der Waals surface area (Å²) in [6.07, 6.45) is 1.75. The number of nitrogens with zero attached hydrogens (tertiary/aromatic N) is 2. The molecule has 0 atom stereocenters. The number of para-hydroxylation sites is 1. The third kappa shape index (κ3) is 2.43. The van der Waals surface area contributed by atoms with E-state index in [-0.39, 0.29) is 5.46 Å². The number of hydrogen-bond donors (Lipinski definition) is 2. The summed E-state index contributed by atoms with van der Waals surface area (Å²) in [4.78, 5) is 0. The van der Waals surface area contributed by atoms with Crippen molar-refractivity contribution in [2.24, 2.45) is 0 Å². The number of benzene rings is 2. The summed E-state index contributed by atoms with van der Waals surface area (Å²) in [5, 5.41) is 23.5. The summed E-state index contributed by atoms with van der Waals surface area (Å²) in [6.45, 7) is 0.366. The van der Waals surface area contributed by atoms with Crippen LogP contribution >= 0.6 is 0 Å². The van der Waals surface area contributed by atoms with Gasteiger partial charge in [-0.2, -0.15) is 5.10 Å².